The van der Waals surface area contributed by atoms with Crippen LogP contribution in [0.2, 0.25) is 5.02 Å². The van der Waals surface area contributed by atoms with E-state index in [2.05, 4.69) is 10.4 Å². The largest absolute Gasteiger partial charge is 0.391 e. The highest BCUT2D eigenvalue weighted by molar-refractivity contribution is 6.31. The van der Waals surface area contributed by atoms with Crippen molar-refractivity contribution in [3.8, 4) is 0 Å². The molecule has 0 spiro atoms. The van der Waals surface area contributed by atoms with Crippen LogP contribution in [0.25, 0.3) is 0 Å². The number of carbonyl (C=O) groups is 1. The van der Waals surface area contributed by atoms with E-state index >= 15 is 0 Å². The summed E-state index contributed by atoms with van der Waals surface area (Å²) in [7, 11) is 0. The van der Waals surface area contributed by atoms with Crippen LogP contribution in [0.5, 0.6) is 0 Å². The summed E-state index contributed by atoms with van der Waals surface area (Å²) in [6.45, 7) is 2.75. The Morgan fingerprint density at radius 1 is 1.45 bits per heavy atom. The number of hydrogen-bond acceptors (Lipinski definition) is 3. The molecule has 2 rings (SSSR count). The van der Waals surface area contributed by atoms with E-state index in [-0.39, 0.29) is 12.5 Å². The first kappa shape index (κ1) is 16.5. The molecule has 1 atom stereocenters. The molecule has 0 bridgehead atoms. The third-order valence-corrected chi connectivity index (χ3v) is 3.67. The van der Waals surface area contributed by atoms with Gasteiger partial charge in [0.2, 0.25) is 0 Å². The molecule has 0 aliphatic carbocycles. The van der Waals surface area contributed by atoms with Crippen LogP contribution in [0.3, 0.4) is 0 Å². The molecule has 5 nitrogen and oxygen atoms in total. The minimum absolute atomic E-state index is 0.236. The quantitative estimate of drug-likeness (QED) is 0.823. The third kappa shape index (κ3) is 4.58. The second-order valence-corrected chi connectivity index (χ2v) is 5.58. The van der Waals surface area contributed by atoms with Crippen molar-refractivity contribution in [2.45, 2.75) is 32.4 Å². The van der Waals surface area contributed by atoms with Crippen LogP contribution in [0.4, 0.5) is 0 Å². The SMILES string of the molecule is CCCC(O)CNC(=O)c1cnn(Cc2ccccc2Cl)c1. The number of carbonyl (C=O) groups excluding carboxylic acids is 1. The fraction of sp³-hybridized carbons (Fsp3) is 0.375. The molecule has 1 amide bonds. The second-order valence-electron chi connectivity index (χ2n) is 5.17. The van der Waals surface area contributed by atoms with Crippen molar-refractivity contribution in [3.63, 3.8) is 0 Å². The minimum atomic E-state index is -0.507. The Bertz CT molecular complexity index is 627. The molecule has 6 heteroatoms. The fourth-order valence-corrected chi connectivity index (χ4v) is 2.31. The molecule has 2 aromatic rings. The van der Waals surface area contributed by atoms with E-state index in [1.807, 2.05) is 31.2 Å². The first-order valence-corrected chi connectivity index (χ1v) is 7.70. The summed E-state index contributed by atoms with van der Waals surface area (Å²) >= 11 is 6.11. The molecule has 0 saturated carbocycles. The average molecular weight is 322 g/mol. The lowest BCUT2D eigenvalue weighted by Gasteiger charge is -2.09. The number of nitrogens with one attached hydrogen (secondary N) is 1. The maximum absolute atomic E-state index is 12.0. The highest BCUT2D eigenvalue weighted by Crippen LogP contribution is 2.16. The lowest BCUT2D eigenvalue weighted by atomic mass is 10.2. The van der Waals surface area contributed by atoms with Crippen LogP contribution < -0.4 is 5.32 Å². The van der Waals surface area contributed by atoms with Crippen molar-refractivity contribution >= 4 is 17.5 Å². The third-order valence-electron chi connectivity index (χ3n) is 3.31. The van der Waals surface area contributed by atoms with Gasteiger partial charge in [0.15, 0.2) is 0 Å². The van der Waals surface area contributed by atoms with E-state index < -0.39 is 6.10 Å². The molecule has 0 aliphatic heterocycles. The monoisotopic (exact) mass is 321 g/mol. The zero-order valence-electron chi connectivity index (χ0n) is 12.5. The number of amides is 1. The molecule has 0 fully saturated rings. The van der Waals surface area contributed by atoms with Gasteiger partial charge in [-0.1, -0.05) is 43.1 Å². The predicted molar refractivity (Wildman–Crippen MR) is 86.0 cm³/mol. The predicted octanol–water partition coefficient (Wildman–Crippen LogP) is 2.48. The standard InChI is InChI=1S/C16H20ClN3O2/c1-2-5-14(21)9-18-16(22)13-8-19-20(11-13)10-12-6-3-4-7-15(12)17/h3-4,6-8,11,14,21H,2,5,9-10H2,1H3,(H,18,22). The Morgan fingerprint density at radius 3 is 2.95 bits per heavy atom. The molecule has 1 unspecified atom stereocenters. The molecule has 22 heavy (non-hydrogen) atoms. The van der Waals surface area contributed by atoms with Crippen molar-refractivity contribution in [2.24, 2.45) is 0 Å². The summed E-state index contributed by atoms with van der Waals surface area (Å²) in [5.74, 6) is -0.236. The Morgan fingerprint density at radius 2 is 2.23 bits per heavy atom. The van der Waals surface area contributed by atoms with Gasteiger partial charge < -0.3 is 10.4 Å². The van der Waals surface area contributed by atoms with Gasteiger partial charge in [0.05, 0.1) is 24.4 Å². The van der Waals surface area contributed by atoms with Gasteiger partial charge in [-0.3, -0.25) is 9.48 Å². The van der Waals surface area contributed by atoms with Gasteiger partial charge in [-0.15, -0.1) is 0 Å². The Kier molecular flexibility index (Phi) is 5.98. The molecule has 0 aliphatic rings. The minimum Gasteiger partial charge on any atom is -0.391 e. The van der Waals surface area contributed by atoms with Crippen molar-refractivity contribution < 1.29 is 9.90 Å². The number of aliphatic hydroxyl groups excluding tert-OH is 1. The van der Waals surface area contributed by atoms with Crippen LogP contribution in [-0.4, -0.2) is 33.4 Å². The summed E-state index contributed by atoms with van der Waals surface area (Å²) in [4.78, 5) is 12.0. The first-order valence-electron chi connectivity index (χ1n) is 7.32. The van der Waals surface area contributed by atoms with Crippen LogP contribution in [-0.2, 0) is 6.54 Å². The molecular weight excluding hydrogens is 302 g/mol. The van der Waals surface area contributed by atoms with Gasteiger partial charge in [-0.25, -0.2) is 0 Å². The number of nitrogens with zero attached hydrogens (tertiary/aromatic N) is 2. The molecule has 1 aromatic heterocycles. The Labute approximate surface area is 134 Å². The van der Waals surface area contributed by atoms with Crippen LogP contribution in [0.15, 0.2) is 36.7 Å². The second kappa shape index (κ2) is 7.96. The molecule has 0 saturated heterocycles. The molecule has 2 N–H and O–H groups in total. The van der Waals surface area contributed by atoms with Crippen molar-refractivity contribution in [1.29, 1.82) is 0 Å². The average Bonchev–Trinajstić information content (AvgIpc) is 2.96. The zero-order chi connectivity index (χ0) is 15.9. The van der Waals surface area contributed by atoms with Gasteiger partial charge >= 0.3 is 0 Å². The van der Waals surface area contributed by atoms with E-state index in [1.54, 1.807) is 10.9 Å². The summed E-state index contributed by atoms with van der Waals surface area (Å²) in [5, 5.41) is 17.2. The van der Waals surface area contributed by atoms with E-state index in [9.17, 15) is 9.90 Å². The van der Waals surface area contributed by atoms with Crippen LogP contribution in [0, 0.1) is 0 Å². The first-order chi connectivity index (χ1) is 10.6. The van der Waals surface area contributed by atoms with Crippen molar-refractivity contribution in [3.05, 3.63) is 52.8 Å². The molecule has 118 valence electrons. The van der Waals surface area contributed by atoms with Gasteiger partial charge in [0.1, 0.15) is 0 Å². The Balaban J connectivity index is 1.93. The highest BCUT2D eigenvalue weighted by Gasteiger charge is 2.11. The van der Waals surface area contributed by atoms with E-state index in [0.717, 1.165) is 12.0 Å². The van der Waals surface area contributed by atoms with Gasteiger partial charge in [-0.2, -0.15) is 5.10 Å². The summed E-state index contributed by atoms with van der Waals surface area (Å²) in [5.41, 5.74) is 1.41. The maximum atomic E-state index is 12.0. The smallest absolute Gasteiger partial charge is 0.254 e. The van der Waals surface area contributed by atoms with Crippen molar-refractivity contribution in [1.82, 2.24) is 15.1 Å². The molecule has 1 heterocycles. The fourth-order valence-electron chi connectivity index (χ4n) is 2.12. The lowest BCUT2D eigenvalue weighted by molar-refractivity contribution is 0.0910. The van der Waals surface area contributed by atoms with Gasteiger partial charge in [-0.05, 0) is 18.1 Å². The van der Waals surface area contributed by atoms with Gasteiger partial charge in [0, 0.05) is 17.8 Å². The summed E-state index contributed by atoms with van der Waals surface area (Å²) in [6.07, 6.45) is 4.23. The number of hydrogen-bond donors (Lipinski definition) is 2. The number of aliphatic hydroxyl groups is 1. The lowest BCUT2D eigenvalue weighted by Crippen LogP contribution is -2.31. The topological polar surface area (TPSA) is 67.2 Å². The number of halogens is 1. The highest BCUT2D eigenvalue weighted by atomic mass is 35.5. The van der Waals surface area contributed by atoms with Crippen LogP contribution >= 0.6 is 11.6 Å². The van der Waals surface area contributed by atoms with E-state index in [4.69, 9.17) is 11.6 Å². The zero-order valence-corrected chi connectivity index (χ0v) is 13.3. The molecule has 1 aromatic carbocycles. The molecular formula is C16H20ClN3O2. The van der Waals surface area contributed by atoms with E-state index in [0.29, 0.717) is 23.6 Å². The maximum Gasteiger partial charge on any atom is 0.254 e. The van der Waals surface area contributed by atoms with Gasteiger partial charge in [0.25, 0.3) is 5.91 Å². The van der Waals surface area contributed by atoms with E-state index in [1.165, 1.54) is 6.20 Å². The summed E-state index contributed by atoms with van der Waals surface area (Å²) in [6, 6.07) is 7.52. The molecule has 0 radical (unpaired) electrons. The van der Waals surface area contributed by atoms with Crippen LogP contribution in [0.1, 0.15) is 35.7 Å². The number of rotatable bonds is 7. The normalized spacial score (nSPS) is 12.1. The summed E-state index contributed by atoms with van der Waals surface area (Å²) < 4.78 is 1.67. The number of benzene rings is 1. The Hall–Kier alpha value is -1.85. The number of aromatic nitrogens is 2. The van der Waals surface area contributed by atoms with Crippen molar-refractivity contribution in [2.75, 3.05) is 6.54 Å².